The lowest BCUT2D eigenvalue weighted by molar-refractivity contribution is -0.121. The van der Waals surface area contributed by atoms with Crippen LogP contribution in [0, 0.1) is 5.82 Å². The molecule has 4 nitrogen and oxygen atoms in total. The molecule has 1 aliphatic rings. The number of aromatic amines is 1. The van der Waals surface area contributed by atoms with Crippen LogP contribution < -0.4 is 10.9 Å². The summed E-state index contributed by atoms with van der Waals surface area (Å²) in [5, 5.41) is 3.78. The highest BCUT2D eigenvalue weighted by Gasteiger charge is 2.17. The Morgan fingerprint density at radius 3 is 2.82 bits per heavy atom. The first-order valence-corrected chi connectivity index (χ1v) is 7.72. The molecule has 116 valence electrons. The average Bonchev–Trinajstić information content (AvgIpc) is 2.98. The SMILES string of the molecule is O=C(CCc1cc2ccc(F)cc2[nH]c1=O)NC1CCCC1. The van der Waals surface area contributed by atoms with Crippen molar-refractivity contribution in [2.45, 2.75) is 44.6 Å². The van der Waals surface area contributed by atoms with Crippen molar-refractivity contribution in [2.75, 3.05) is 0 Å². The van der Waals surface area contributed by atoms with Gasteiger partial charge in [-0.2, -0.15) is 0 Å². The summed E-state index contributed by atoms with van der Waals surface area (Å²) >= 11 is 0. The molecule has 0 unspecified atom stereocenters. The van der Waals surface area contributed by atoms with Crippen LogP contribution in [0.25, 0.3) is 10.9 Å². The van der Waals surface area contributed by atoms with E-state index >= 15 is 0 Å². The molecule has 1 aromatic heterocycles. The van der Waals surface area contributed by atoms with E-state index < -0.39 is 0 Å². The Hall–Kier alpha value is -2.17. The zero-order valence-corrected chi connectivity index (χ0v) is 12.3. The minimum atomic E-state index is -0.383. The molecule has 2 N–H and O–H groups in total. The molecule has 3 rings (SSSR count). The Bertz CT molecular complexity index is 748. The number of hydrogen-bond acceptors (Lipinski definition) is 2. The summed E-state index contributed by atoms with van der Waals surface area (Å²) in [7, 11) is 0. The molecule has 1 aromatic carbocycles. The number of halogens is 1. The highest BCUT2D eigenvalue weighted by Crippen LogP contribution is 2.18. The van der Waals surface area contributed by atoms with Crippen molar-refractivity contribution >= 4 is 16.8 Å². The van der Waals surface area contributed by atoms with Crippen molar-refractivity contribution in [3.63, 3.8) is 0 Å². The van der Waals surface area contributed by atoms with Crippen LogP contribution >= 0.6 is 0 Å². The van der Waals surface area contributed by atoms with Gasteiger partial charge < -0.3 is 10.3 Å². The lowest BCUT2D eigenvalue weighted by atomic mass is 10.1. The highest BCUT2D eigenvalue weighted by atomic mass is 19.1. The molecule has 1 heterocycles. The summed E-state index contributed by atoms with van der Waals surface area (Å²) in [5.41, 5.74) is 0.775. The van der Waals surface area contributed by atoms with E-state index in [1.807, 2.05) is 0 Å². The molecule has 1 aliphatic carbocycles. The van der Waals surface area contributed by atoms with Crippen LogP contribution in [0.5, 0.6) is 0 Å². The maximum atomic E-state index is 13.1. The van der Waals surface area contributed by atoms with Gasteiger partial charge in [-0.3, -0.25) is 9.59 Å². The number of H-pyrrole nitrogens is 1. The van der Waals surface area contributed by atoms with E-state index in [9.17, 15) is 14.0 Å². The minimum Gasteiger partial charge on any atom is -0.353 e. The van der Waals surface area contributed by atoms with Crippen LogP contribution in [0.15, 0.2) is 29.1 Å². The second-order valence-corrected chi connectivity index (χ2v) is 5.90. The van der Waals surface area contributed by atoms with Crippen molar-refractivity contribution in [3.8, 4) is 0 Å². The average molecular weight is 302 g/mol. The quantitative estimate of drug-likeness (QED) is 0.912. The number of carbonyl (C=O) groups excluding carboxylic acids is 1. The van der Waals surface area contributed by atoms with Gasteiger partial charge >= 0.3 is 0 Å². The number of benzene rings is 1. The van der Waals surface area contributed by atoms with Crippen LogP contribution in [0.4, 0.5) is 4.39 Å². The number of carbonyl (C=O) groups is 1. The predicted molar refractivity (Wildman–Crippen MR) is 83.2 cm³/mol. The maximum Gasteiger partial charge on any atom is 0.251 e. The first kappa shape index (κ1) is 14.8. The number of pyridine rings is 1. The van der Waals surface area contributed by atoms with Gasteiger partial charge in [0.25, 0.3) is 5.56 Å². The first-order chi connectivity index (χ1) is 10.6. The summed E-state index contributed by atoms with van der Waals surface area (Å²) < 4.78 is 13.1. The third kappa shape index (κ3) is 3.35. The highest BCUT2D eigenvalue weighted by molar-refractivity contribution is 5.79. The third-order valence-electron chi connectivity index (χ3n) is 4.23. The normalized spacial score (nSPS) is 15.3. The van der Waals surface area contributed by atoms with Gasteiger partial charge in [-0.15, -0.1) is 0 Å². The van der Waals surface area contributed by atoms with E-state index in [0.29, 0.717) is 30.0 Å². The van der Waals surface area contributed by atoms with Crippen molar-refractivity contribution in [2.24, 2.45) is 0 Å². The van der Waals surface area contributed by atoms with Gasteiger partial charge in [-0.05, 0) is 48.9 Å². The van der Waals surface area contributed by atoms with Crippen LogP contribution in [0.2, 0.25) is 0 Å². The van der Waals surface area contributed by atoms with Gasteiger partial charge in [0, 0.05) is 18.0 Å². The molecule has 0 atom stereocenters. The molecular weight excluding hydrogens is 283 g/mol. The number of aryl methyl sites for hydroxylation is 1. The molecule has 0 radical (unpaired) electrons. The van der Waals surface area contributed by atoms with E-state index in [1.54, 1.807) is 12.1 Å². The number of rotatable bonds is 4. The van der Waals surface area contributed by atoms with E-state index in [0.717, 1.165) is 18.2 Å². The molecule has 1 saturated carbocycles. The van der Waals surface area contributed by atoms with Crippen LogP contribution in [0.1, 0.15) is 37.7 Å². The van der Waals surface area contributed by atoms with E-state index in [2.05, 4.69) is 10.3 Å². The van der Waals surface area contributed by atoms with E-state index in [1.165, 1.54) is 25.0 Å². The van der Waals surface area contributed by atoms with E-state index in [-0.39, 0.29) is 17.3 Å². The van der Waals surface area contributed by atoms with E-state index in [4.69, 9.17) is 0 Å². The molecule has 0 bridgehead atoms. The molecule has 0 spiro atoms. The molecule has 1 fully saturated rings. The Morgan fingerprint density at radius 2 is 2.05 bits per heavy atom. The Labute approximate surface area is 127 Å². The first-order valence-electron chi connectivity index (χ1n) is 7.72. The second-order valence-electron chi connectivity index (χ2n) is 5.90. The lowest BCUT2D eigenvalue weighted by Crippen LogP contribution is -2.33. The monoisotopic (exact) mass is 302 g/mol. The molecule has 1 amide bonds. The molecular formula is C17H19FN2O2. The fourth-order valence-corrected chi connectivity index (χ4v) is 3.02. The summed E-state index contributed by atoms with van der Waals surface area (Å²) in [5.74, 6) is -0.391. The number of fused-ring (bicyclic) bond motifs is 1. The third-order valence-corrected chi connectivity index (χ3v) is 4.23. The Morgan fingerprint density at radius 1 is 1.27 bits per heavy atom. The Kier molecular flexibility index (Phi) is 4.22. The molecule has 0 saturated heterocycles. The standard InChI is InChI=1S/C17H19FN2O2/c18-13-7-5-11-9-12(17(22)20-15(11)10-13)6-8-16(21)19-14-3-1-2-4-14/h5,7,9-10,14H,1-4,6,8H2,(H,19,21)(H,20,22). The second kappa shape index (κ2) is 6.30. The summed E-state index contributed by atoms with van der Waals surface area (Å²) in [6, 6.07) is 6.31. The van der Waals surface area contributed by atoms with Crippen LogP contribution in [0.3, 0.4) is 0 Å². The summed E-state index contributed by atoms with van der Waals surface area (Å²) in [6.07, 6.45) is 5.13. The largest absolute Gasteiger partial charge is 0.353 e. The van der Waals surface area contributed by atoms with Gasteiger partial charge in [-0.25, -0.2) is 4.39 Å². The minimum absolute atomic E-state index is 0.00879. The van der Waals surface area contributed by atoms with Gasteiger partial charge in [0.1, 0.15) is 5.82 Å². The van der Waals surface area contributed by atoms with Crippen molar-refractivity contribution < 1.29 is 9.18 Å². The molecule has 22 heavy (non-hydrogen) atoms. The van der Waals surface area contributed by atoms with Crippen molar-refractivity contribution in [1.29, 1.82) is 0 Å². The zero-order valence-electron chi connectivity index (χ0n) is 12.3. The van der Waals surface area contributed by atoms with Gasteiger partial charge in [0.2, 0.25) is 5.91 Å². The predicted octanol–water partition coefficient (Wildman–Crippen LogP) is 2.66. The number of aromatic nitrogens is 1. The van der Waals surface area contributed by atoms with Gasteiger partial charge in [-0.1, -0.05) is 12.8 Å². The topological polar surface area (TPSA) is 62.0 Å². The van der Waals surface area contributed by atoms with Crippen LogP contribution in [-0.2, 0) is 11.2 Å². The molecule has 0 aliphatic heterocycles. The summed E-state index contributed by atoms with van der Waals surface area (Å²) in [4.78, 5) is 26.6. The van der Waals surface area contributed by atoms with Gasteiger partial charge in [0.05, 0.1) is 5.52 Å². The fourth-order valence-electron chi connectivity index (χ4n) is 3.02. The number of hydrogen-bond donors (Lipinski definition) is 2. The van der Waals surface area contributed by atoms with Gasteiger partial charge in [0.15, 0.2) is 0 Å². The smallest absolute Gasteiger partial charge is 0.251 e. The Balaban J connectivity index is 1.68. The molecule has 5 heteroatoms. The summed E-state index contributed by atoms with van der Waals surface area (Å²) in [6.45, 7) is 0. The van der Waals surface area contributed by atoms with Crippen molar-refractivity contribution in [3.05, 3.63) is 46.0 Å². The number of amides is 1. The number of nitrogens with one attached hydrogen (secondary N) is 2. The lowest BCUT2D eigenvalue weighted by Gasteiger charge is -2.11. The zero-order chi connectivity index (χ0) is 15.5. The maximum absolute atomic E-state index is 13.1. The van der Waals surface area contributed by atoms with Crippen LogP contribution in [-0.4, -0.2) is 16.9 Å². The fraction of sp³-hybridized carbons (Fsp3) is 0.412. The molecule has 2 aromatic rings. The van der Waals surface area contributed by atoms with Crippen molar-refractivity contribution in [1.82, 2.24) is 10.3 Å².